The smallest absolute Gasteiger partial charge is 0.250 e. The van der Waals surface area contributed by atoms with Crippen molar-refractivity contribution in [2.75, 3.05) is 13.6 Å². The van der Waals surface area contributed by atoms with Crippen LogP contribution in [0.1, 0.15) is 61.2 Å². The van der Waals surface area contributed by atoms with Gasteiger partial charge in [-0.15, -0.1) is 0 Å². The van der Waals surface area contributed by atoms with Crippen molar-refractivity contribution < 1.29 is 24.0 Å². The van der Waals surface area contributed by atoms with E-state index in [1.807, 2.05) is 24.3 Å². The molecule has 258 valence electrons. The molecule has 0 fully saturated rings. The number of benzene rings is 3. The molecule has 0 aromatic heterocycles. The molecule has 11 heteroatoms. The van der Waals surface area contributed by atoms with Crippen molar-refractivity contribution in [3.63, 3.8) is 0 Å². The normalized spacial score (nSPS) is 16.5. The fraction of sp³-hybridized carbons (Fsp3) is 0.342. The van der Waals surface area contributed by atoms with E-state index in [-0.39, 0.29) is 18.1 Å². The summed E-state index contributed by atoms with van der Waals surface area (Å²) < 4.78 is 0. The first-order chi connectivity index (χ1) is 23.2. The second-order valence-electron chi connectivity index (χ2n) is 13.3. The van der Waals surface area contributed by atoms with Gasteiger partial charge in [-0.05, 0) is 49.1 Å². The zero-order chi connectivity index (χ0) is 35.9. The molecule has 0 saturated carbocycles. The molecular formula is C38H44ClN5O5. The number of hydrogen-bond donors (Lipinski definition) is 3. The monoisotopic (exact) mass is 685 g/mol. The second kappa shape index (κ2) is 15.6. The van der Waals surface area contributed by atoms with Gasteiger partial charge in [0, 0.05) is 41.5 Å². The lowest BCUT2D eigenvalue weighted by Crippen LogP contribution is -2.68. The molecule has 0 aliphatic carbocycles. The highest BCUT2D eigenvalue weighted by Gasteiger charge is 2.52. The molecule has 3 atom stereocenters. The van der Waals surface area contributed by atoms with Crippen LogP contribution in [0, 0.1) is 5.41 Å². The molecule has 4 amide bonds. The van der Waals surface area contributed by atoms with Gasteiger partial charge in [-0.3, -0.25) is 24.0 Å². The van der Waals surface area contributed by atoms with Crippen LogP contribution in [0.3, 0.4) is 0 Å². The molecule has 4 rings (SSSR count). The third-order valence-electron chi connectivity index (χ3n) is 9.09. The molecule has 1 aliphatic rings. The summed E-state index contributed by atoms with van der Waals surface area (Å²) >= 11 is 6.17. The number of nitrogens with two attached hydrogens (primary N) is 1. The molecular weight excluding hydrogens is 642 g/mol. The summed E-state index contributed by atoms with van der Waals surface area (Å²) in [7, 11) is 1.61. The van der Waals surface area contributed by atoms with E-state index < -0.39 is 47.2 Å². The number of amides is 4. The quantitative estimate of drug-likeness (QED) is 0.230. The summed E-state index contributed by atoms with van der Waals surface area (Å²) in [5, 5.41) is 6.19. The van der Waals surface area contributed by atoms with Crippen molar-refractivity contribution in [2.45, 2.75) is 64.6 Å². The highest BCUT2D eigenvalue weighted by Crippen LogP contribution is 2.35. The van der Waals surface area contributed by atoms with Gasteiger partial charge in [-0.25, -0.2) is 0 Å². The van der Waals surface area contributed by atoms with Gasteiger partial charge in [0.15, 0.2) is 5.78 Å². The molecule has 10 nitrogen and oxygen atoms in total. The van der Waals surface area contributed by atoms with Crippen molar-refractivity contribution in [3.8, 4) is 0 Å². The zero-order valence-corrected chi connectivity index (χ0v) is 29.3. The number of nitrogens with one attached hydrogen (secondary N) is 2. The maximum Gasteiger partial charge on any atom is 0.250 e. The predicted octanol–water partition coefficient (Wildman–Crippen LogP) is 4.25. The number of carbonyl (C=O) groups excluding carboxylic acids is 5. The Balaban J connectivity index is 1.66. The first kappa shape index (κ1) is 37.0. The van der Waals surface area contributed by atoms with Crippen LogP contribution in [0.2, 0.25) is 5.02 Å². The van der Waals surface area contributed by atoms with Crippen molar-refractivity contribution in [2.24, 2.45) is 11.1 Å². The van der Waals surface area contributed by atoms with E-state index in [0.29, 0.717) is 29.1 Å². The van der Waals surface area contributed by atoms with Crippen molar-refractivity contribution in [1.29, 1.82) is 0 Å². The summed E-state index contributed by atoms with van der Waals surface area (Å²) in [4.78, 5) is 70.4. The highest BCUT2D eigenvalue weighted by molar-refractivity contribution is 6.30. The number of ketones is 1. The highest BCUT2D eigenvalue weighted by atomic mass is 35.5. The molecule has 1 aliphatic heterocycles. The fourth-order valence-corrected chi connectivity index (χ4v) is 5.98. The fourth-order valence-electron chi connectivity index (χ4n) is 5.76. The minimum Gasteiger partial charge on any atom is -0.368 e. The van der Waals surface area contributed by atoms with Crippen LogP contribution in [0.15, 0.2) is 91.3 Å². The maximum absolute atomic E-state index is 14.2. The Labute approximate surface area is 292 Å². The van der Waals surface area contributed by atoms with Gasteiger partial charge in [0.1, 0.15) is 11.6 Å². The molecule has 3 aromatic rings. The number of primary amides is 1. The summed E-state index contributed by atoms with van der Waals surface area (Å²) in [6, 6.07) is 21.6. The van der Waals surface area contributed by atoms with Crippen LogP contribution < -0.4 is 16.4 Å². The van der Waals surface area contributed by atoms with Crippen molar-refractivity contribution in [3.05, 3.63) is 119 Å². The molecule has 3 aromatic carbocycles. The first-order valence-corrected chi connectivity index (χ1v) is 16.6. The largest absolute Gasteiger partial charge is 0.368 e. The van der Waals surface area contributed by atoms with Gasteiger partial charge in [0.2, 0.25) is 23.6 Å². The van der Waals surface area contributed by atoms with E-state index in [1.54, 1.807) is 100 Å². The predicted molar refractivity (Wildman–Crippen MR) is 189 cm³/mol. The minimum absolute atomic E-state index is 0.130. The van der Waals surface area contributed by atoms with Crippen molar-refractivity contribution >= 4 is 41.0 Å². The average molecular weight is 686 g/mol. The maximum atomic E-state index is 14.2. The van der Waals surface area contributed by atoms with E-state index >= 15 is 0 Å². The Morgan fingerprint density at radius 3 is 2.14 bits per heavy atom. The third-order valence-corrected chi connectivity index (χ3v) is 9.33. The summed E-state index contributed by atoms with van der Waals surface area (Å²) in [5.41, 5.74) is 5.92. The lowest BCUT2D eigenvalue weighted by Gasteiger charge is -2.44. The van der Waals surface area contributed by atoms with Crippen LogP contribution in [-0.4, -0.2) is 70.4 Å². The number of halogens is 1. The molecule has 0 unspecified atom stereocenters. The van der Waals surface area contributed by atoms with Crippen LogP contribution >= 0.6 is 11.6 Å². The molecule has 1 heterocycles. The Kier molecular flexibility index (Phi) is 11.8. The zero-order valence-electron chi connectivity index (χ0n) is 28.5. The van der Waals surface area contributed by atoms with Crippen molar-refractivity contribution in [1.82, 2.24) is 20.4 Å². The lowest BCUT2D eigenvalue weighted by molar-refractivity contribution is -0.148. The molecule has 4 N–H and O–H groups in total. The first-order valence-electron chi connectivity index (χ1n) is 16.2. The van der Waals surface area contributed by atoms with Gasteiger partial charge < -0.3 is 26.2 Å². The summed E-state index contributed by atoms with van der Waals surface area (Å²) in [5.74, 6) is -2.38. The van der Waals surface area contributed by atoms with Gasteiger partial charge in [-0.2, -0.15) is 0 Å². The van der Waals surface area contributed by atoms with E-state index in [0.717, 1.165) is 11.1 Å². The van der Waals surface area contributed by atoms with Crippen LogP contribution in [-0.2, 0) is 32.0 Å². The molecule has 0 saturated heterocycles. The summed E-state index contributed by atoms with van der Waals surface area (Å²) in [6.45, 7) is 7.13. The molecule has 49 heavy (non-hydrogen) atoms. The van der Waals surface area contributed by atoms with Crippen LogP contribution in [0.25, 0.3) is 0 Å². The standard InChI is InChI=1S/C38H44ClN5O5/c1-25(41-5)34(47)42-38(36(40)49,37(2,3)4)24-32(45)44-21-20-43(19-18-26-10-9-13-30(39)22-26)35(48)31(44)23-27-14-16-29(17-15-27)33(46)28-11-7-6-8-12-28/h6-17,20-22,25,31,41H,18-19,23-24H2,1-5H3,(H2,40,49)(H,42,47)/t25-,31-,38+/m0/s1. The minimum atomic E-state index is -1.77. The van der Waals surface area contributed by atoms with E-state index in [4.69, 9.17) is 17.3 Å². The molecule has 0 bridgehead atoms. The van der Waals surface area contributed by atoms with Gasteiger partial charge >= 0.3 is 0 Å². The number of carbonyl (C=O) groups is 5. The van der Waals surface area contributed by atoms with Gasteiger partial charge in [0.25, 0.3) is 0 Å². The van der Waals surface area contributed by atoms with Crippen LogP contribution in [0.4, 0.5) is 0 Å². The number of nitrogens with zero attached hydrogens (tertiary/aromatic N) is 2. The summed E-state index contributed by atoms with van der Waals surface area (Å²) in [6.07, 6.45) is 3.26. The number of likely N-dealkylation sites (N-methyl/N-ethyl adjacent to an activating group) is 1. The lowest BCUT2D eigenvalue weighted by atomic mass is 9.70. The SMILES string of the molecule is CN[C@@H](C)C(=O)N[C@](CC(=O)N1C=CN(CCc2cccc(Cl)c2)C(=O)[C@@H]1Cc1ccc(C(=O)c2ccccc2)cc1)(C(N)=O)C(C)(C)C. The molecule has 0 spiro atoms. The number of hydrogen-bond acceptors (Lipinski definition) is 6. The average Bonchev–Trinajstić information content (AvgIpc) is 3.07. The Hall–Kier alpha value is -4.80. The van der Waals surface area contributed by atoms with E-state index in [9.17, 15) is 24.0 Å². The topological polar surface area (TPSA) is 142 Å². The second-order valence-corrected chi connectivity index (χ2v) is 13.8. The van der Waals surface area contributed by atoms with Crippen LogP contribution in [0.5, 0.6) is 0 Å². The number of rotatable bonds is 13. The van der Waals surface area contributed by atoms with E-state index in [1.165, 1.54) is 11.1 Å². The Bertz CT molecular complexity index is 1720. The Morgan fingerprint density at radius 1 is 0.898 bits per heavy atom. The third kappa shape index (κ3) is 8.63. The van der Waals surface area contributed by atoms with Gasteiger partial charge in [0.05, 0.1) is 12.5 Å². The molecule has 0 radical (unpaired) electrons. The van der Waals surface area contributed by atoms with Gasteiger partial charge in [-0.1, -0.05) is 99.1 Å². The Morgan fingerprint density at radius 2 is 1.55 bits per heavy atom. The van der Waals surface area contributed by atoms with E-state index in [2.05, 4.69) is 10.6 Å².